The van der Waals surface area contributed by atoms with Crippen LogP contribution in [0, 0.1) is 0 Å². The third-order valence-electron chi connectivity index (χ3n) is 4.15. The zero-order valence-electron chi connectivity index (χ0n) is 11.6. The minimum absolute atomic E-state index is 0.0241. The molecule has 2 atom stereocenters. The van der Waals surface area contributed by atoms with E-state index in [9.17, 15) is 13.2 Å². The molecule has 1 aromatic carbocycles. The van der Waals surface area contributed by atoms with Crippen LogP contribution >= 0.6 is 0 Å². The number of benzene rings is 1. The number of alkyl halides is 3. The number of hydrogen-bond acceptors (Lipinski definition) is 3. The van der Waals surface area contributed by atoms with E-state index in [1.54, 1.807) is 6.07 Å². The predicted molar refractivity (Wildman–Crippen MR) is 72.2 cm³/mol. The first-order valence-electron chi connectivity index (χ1n) is 7.13. The van der Waals surface area contributed by atoms with Crippen molar-refractivity contribution in [2.75, 3.05) is 25.1 Å². The van der Waals surface area contributed by atoms with Gasteiger partial charge in [-0.2, -0.15) is 13.2 Å². The van der Waals surface area contributed by atoms with Crippen molar-refractivity contribution in [1.82, 2.24) is 0 Å². The van der Waals surface area contributed by atoms with Gasteiger partial charge >= 0.3 is 6.18 Å². The number of anilines is 1. The molecule has 2 aliphatic rings. The highest BCUT2D eigenvalue weighted by Gasteiger charge is 2.41. The van der Waals surface area contributed by atoms with Crippen molar-refractivity contribution in [2.45, 2.75) is 37.1 Å². The molecule has 0 radical (unpaired) electrons. The van der Waals surface area contributed by atoms with Crippen LogP contribution in [0.1, 0.15) is 24.8 Å². The van der Waals surface area contributed by atoms with Crippen LogP contribution in [-0.2, 0) is 15.7 Å². The Hall–Kier alpha value is -1.27. The molecule has 1 aromatic rings. The Labute approximate surface area is 121 Å². The molecule has 0 aliphatic carbocycles. The van der Waals surface area contributed by atoms with E-state index >= 15 is 0 Å². The largest absolute Gasteiger partial charge is 0.418 e. The predicted octanol–water partition coefficient (Wildman–Crippen LogP) is 3.46. The fraction of sp³-hybridized carbons (Fsp3) is 0.600. The molecule has 2 unspecified atom stereocenters. The molecule has 3 rings (SSSR count). The van der Waals surface area contributed by atoms with Crippen LogP contribution in [0.25, 0.3) is 0 Å². The fourth-order valence-corrected chi connectivity index (χ4v) is 3.09. The van der Waals surface area contributed by atoms with Gasteiger partial charge in [0.2, 0.25) is 0 Å². The molecule has 6 heteroatoms. The van der Waals surface area contributed by atoms with Crippen LogP contribution < -0.4 is 5.32 Å². The van der Waals surface area contributed by atoms with Crippen molar-refractivity contribution in [3.05, 3.63) is 29.8 Å². The number of nitrogens with one attached hydrogen (secondary N) is 1. The number of halogens is 3. The second-order valence-corrected chi connectivity index (χ2v) is 5.71. The molecule has 3 nitrogen and oxygen atoms in total. The van der Waals surface area contributed by atoms with Crippen molar-refractivity contribution in [1.29, 1.82) is 0 Å². The molecule has 2 heterocycles. The first-order chi connectivity index (χ1) is 9.99. The van der Waals surface area contributed by atoms with Crippen molar-refractivity contribution < 1.29 is 22.6 Å². The van der Waals surface area contributed by atoms with Crippen LogP contribution in [0.5, 0.6) is 0 Å². The highest BCUT2D eigenvalue weighted by atomic mass is 19.4. The Balaban J connectivity index is 1.75. The first kappa shape index (κ1) is 14.7. The summed E-state index contributed by atoms with van der Waals surface area (Å²) in [4.78, 5) is 0. The van der Waals surface area contributed by atoms with Crippen LogP contribution in [0.2, 0.25) is 0 Å². The van der Waals surface area contributed by atoms with Gasteiger partial charge < -0.3 is 14.8 Å². The smallest absolute Gasteiger partial charge is 0.382 e. The molecule has 2 aliphatic heterocycles. The zero-order valence-corrected chi connectivity index (χ0v) is 11.6. The van der Waals surface area contributed by atoms with Crippen molar-refractivity contribution in [3.8, 4) is 0 Å². The lowest BCUT2D eigenvalue weighted by Crippen LogP contribution is -2.45. The topological polar surface area (TPSA) is 30.5 Å². The van der Waals surface area contributed by atoms with E-state index in [0.29, 0.717) is 32.7 Å². The minimum Gasteiger partial charge on any atom is -0.382 e. The summed E-state index contributed by atoms with van der Waals surface area (Å²) >= 11 is 0. The van der Waals surface area contributed by atoms with Crippen LogP contribution in [-0.4, -0.2) is 31.5 Å². The van der Waals surface area contributed by atoms with Crippen LogP contribution in [0.15, 0.2) is 24.3 Å². The molecule has 2 saturated heterocycles. The van der Waals surface area contributed by atoms with Gasteiger partial charge in [0.15, 0.2) is 0 Å². The Morgan fingerprint density at radius 2 is 2.00 bits per heavy atom. The highest BCUT2D eigenvalue weighted by Crippen LogP contribution is 2.37. The Morgan fingerprint density at radius 3 is 2.71 bits per heavy atom. The van der Waals surface area contributed by atoms with Gasteiger partial charge in [0, 0.05) is 31.4 Å². The van der Waals surface area contributed by atoms with E-state index in [1.165, 1.54) is 12.1 Å². The molecule has 1 spiro atoms. The van der Waals surface area contributed by atoms with E-state index in [-0.39, 0.29) is 17.3 Å². The molecule has 2 fully saturated rings. The van der Waals surface area contributed by atoms with Gasteiger partial charge in [-0.15, -0.1) is 0 Å². The summed E-state index contributed by atoms with van der Waals surface area (Å²) in [5, 5.41) is 3.05. The molecule has 0 bridgehead atoms. The Bertz CT molecular complexity index is 498. The fourth-order valence-electron chi connectivity index (χ4n) is 3.09. The van der Waals surface area contributed by atoms with Gasteiger partial charge in [0.05, 0.1) is 17.8 Å². The third kappa shape index (κ3) is 3.16. The van der Waals surface area contributed by atoms with Crippen LogP contribution in [0.4, 0.5) is 18.9 Å². The lowest BCUT2D eigenvalue weighted by molar-refractivity contribution is -0.137. The summed E-state index contributed by atoms with van der Waals surface area (Å²) in [7, 11) is 0. The molecular weight excluding hydrogens is 283 g/mol. The maximum absolute atomic E-state index is 13.0. The van der Waals surface area contributed by atoms with E-state index in [2.05, 4.69) is 5.32 Å². The van der Waals surface area contributed by atoms with Crippen molar-refractivity contribution in [3.63, 3.8) is 0 Å². The number of para-hydroxylation sites is 1. The number of rotatable bonds is 2. The van der Waals surface area contributed by atoms with Gasteiger partial charge in [-0.05, 0) is 25.0 Å². The summed E-state index contributed by atoms with van der Waals surface area (Å²) in [5.74, 6) is 0. The van der Waals surface area contributed by atoms with E-state index in [1.807, 2.05) is 0 Å². The van der Waals surface area contributed by atoms with E-state index < -0.39 is 11.7 Å². The first-order valence-corrected chi connectivity index (χ1v) is 7.13. The van der Waals surface area contributed by atoms with Crippen molar-refractivity contribution in [2.24, 2.45) is 0 Å². The normalized spacial score (nSPS) is 29.8. The Morgan fingerprint density at radius 1 is 1.19 bits per heavy atom. The second-order valence-electron chi connectivity index (χ2n) is 5.71. The van der Waals surface area contributed by atoms with Gasteiger partial charge in [-0.3, -0.25) is 0 Å². The van der Waals surface area contributed by atoms with Gasteiger partial charge in [0.1, 0.15) is 0 Å². The standard InChI is InChI=1S/C15H18F3NO2/c16-15(17,18)12-3-1-2-4-13(12)19-11-5-7-21-14(9-11)6-8-20-10-14/h1-4,11,19H,5-10H2. The van der Waals surface area contributed by atoms with E-state index in [0.717, 1.165) is 12.5 Å². The molecule has 0 saturated carbocycles. The molecule has 21 heavy (non-hydrogen) atoms. The Kier molecular flexibility index (Phi) is 3.84. The lowest BCUT2D eigenvalue weighted by atomic mass is 9.89. The third-order valence-corrected chi connectivity index (χ3v) is 4.15. The molecule has 0 amide bonds. The average Bonchev–Trinajstić information content (AvgIpc) is 2.86. The maximum atomic E-state index is 13.0. The van der Waals surface area contributed by atoms with Gasteiger partial charge in [0.25, 0.3) is 0 Å². The molecule has 116 valence electrons. The average molecular weight is 301 g/mol. The minimum atomic E-state index is -4.34. The summed E-state index contributed by atoms with van der Waals surface area (Å²) in [6, 6.07) is 5.59. The number of ether oxygens (including phenoxy) is 2. The summed E-state index contributed by atoms with van der Waals surface area (Å²) in [5.41, 5.74) is -0.789. The van der Waals surface area contributed by atoms with Crippen molar-refractivity contribution >= 4 is 5.69 Å². The van der Waals surface area contributed by atoms with Gasteiger partial charge in [-0.25, -0.2) is 0 Å². The van der Waals surface area contributed by atoms with Gasteiger partial charge in [-0.1, -0.05) is 12.1 Å². The second kappa shape index (κ2) is 5.50. The maximum Gasteiger partial charge on any atom is 0.418 e. The molecule has 0 aromatic heterocycles. The SMILES string of the molecule is FC(F)(F)c1ccccc1NC1CCOC2(CCOC2)C1. The monoisotopic (exact) mass is 301 g/mol. The highest BCUT2D eigenvalue weighted by molar-refractivity contribution is 5.53. The summed E-state index contributed by atoms with van der Waals surface area (Å²) in [6.45, 7) is 1.74. The summed E-state index contributed by atoms with van der Waals surface area (Å²) < 4.78 is 50.2. The molecular formula is C15H18F3NO2. The molecule has 1 N–H and O–H groups in total. The lowest BCUT2D eigenvalue weighted by Gasteiger charge is -2.38. The summed E-state index contributed by atoms with van der Waals surface area (Å²) in [6.07, 6.45) is -2.15. The van der Waals surface area contributed by atoms with E-state index in [4.69, 9.17) is 9.47 Å². The van der Waals surface area contributed by atoms with Crippen LogP contribution in [0.3, 0.4) is 0 Å². The quantitative estimate of drug-likeness (QED) is 0.907. The zero-order chi connectivity index (χ0) is 14.9. The number of hydrogen-bond donors (Lipinski definition) is 1.